The largest absolute Gasteiger partial charge is 0.347 e. The molecular weight excluding hydrogens is 356 g/mol. The van der Waals surface area contributed by atoms with E-state index in [9.17, 15) is 9.59 Å². The fourth-order valence-corrected chi connectivity index (χ4v) is 4.07. The van der Waals surface area contributed by atoms with E-state index in [-0.39, 0.29) is 11.2 Å². The smallest absolute Gasteiger partial charge is 0.302 e. The standard InChI is InChI=1S/C20H28N6O2/c1-23-14-16(13-21-20(23)28)15-25-8-6-24(7-9-25)10-11-26-19(27)12-17-4-2-3-5-18(17)22-26/h12-14H,2-11,15H2,1H3. The summed E-state index contributed by atoms with van der Waals surface area (Å²) in [5.74, 6) is 0. The molecule has 0 N–H and O–H groups in total. The molecule has 150 valence electrons. The molecule has 0 unspecified atom stereocenters. The van der Waals surface area contributed by atoms with Crippen LogP contribution in [0.1, 0.15) is 29.7 Å². The lowest BCUT2D eigenvalue weighted by molar-refractivity contribution is 0.122. The quantitative estimate of drug-likeness (QED) is 0.724. The summed E-state index contributed by atoms with van der Waals surface area (Å²) in [4.78, 5) is 32.4. The van der Waals surface area contributed by atoms with Gasteiger partial charge in [-0.2, -0.15) is 5.10 Å². The number of aryl methyl sites for hydroxylation is 3. The highest BCUT2D eigenvalue weighted by atomic mass is 16.1. The molecule has 0 spiro atoms. The lowest BCUT2D eigenvalue weighted by atomic mass is 9.97. The fraction of sp³-hybridized carbons (Fsp3) is 0.600. The Labute approximate surface area is 164 Å². The third kappa shape index (κ3) is 4.39. The molecule has 28 heavy (non-hydrogen) atoms. The summed E-state index contributed by atoms with van der Waals surface area (Å²) in [6, 6.07) is 1.79. The van der Waals surface area contributed by atoms with Gasteiger partial charge < -0.3 is 4.57 Å². The summed E-state index contributed by atoms with van der Waals surface area (Å²) >= 11 is 0. The van der Waals surface area contributed by atoms with Gasteiger partial charge in [-0.25, -0.2) is 14.5 Å². The van der Waals surface area contributed by atoms with Crippen molar-refractivity contribution < 1.29 is 0 Å². The molecule has 0 radical (unpaired) electrons. The number of aromatic nitrogens is 4. The second kappa shape index (κ2) is 8.36. The number of nitrogens with zero attached hydrogens (tertiary/aromatic N) is 6. The van der Waals surface area contributed by atoms with Gasteiger partial charge in [-0.15, -0.1) is 0 Å². The Morgan fingerprint density at radius 3 is 2.54 bits per heavy atom. The van der Waals surface area contributed by atoms with E-state index in [1.807, 2.05) is 6.20 Å². The predicted octanol–water partition coefficient (Wildman–Crippen LogP) is 0.0336. The van der Waals surface area contributed by atoms with Gasteiger partial charge in [0.2, 0.25) is 0 Å². The molecule has 8 nitrogen and oxygen atoms in total. The first-order valence-corrected chi connectivity index (χ1v) is 10.1. The molecule has 2 aromatic heterocycles. The number of piperazine rings is 1. The van der Waals surface area contributed by atoms with Crippen LogP contribution in [0.5, 0.6) is 0 Å². The molecule has 2 aromatic rings. The van der Waals surface area contributed by atoms with Crippen molar-refractivity contribution in [1.29, 1.82) is 0 Å². The van der Waals surface area contributed by atoms with Crippen LogP contribution in [0.4, 0.5) is 0 Å². The molecule has 0 amide bonds. The Hall–Kier alpha value is -2.32. The van der Waals surface area contributed by atoms with Crippen molar-refractivity contribution in [3.05, 3.63) is 56.1 Å². The maximum Gasteiger partial charge on any atom is 0.347 e. The minimum atomic E-state index is -0.223. The number of rotatable bonds is 5. The van der Waals surface area contributed by atoms with E-state index in [1.165, 1.54) is 11.0 Å². The highest BCUT2D eigenvalue weighted by Crippen LogP contribution is 2.16. The summed E-state index contributed by atoms with van der Waals surface area (Å²) in [6.07, 6.45) is 7.85. The van der Waals surface area contributed by atoms with Crippen LogP contribution >= 0.6 is 0 Å². The van der Waals surface area contributed by atoms with Crippen LogP contribution in [-0.4, -0.2) is 61.9 Å². The Morgan fingerprint density at radius 1 is 1.00 bits per heavy atom. The van der Waals surface area contributed by atoms with Crippen LogP contribution in [0.25, 0.3) is 0 Å². The van der Waals surface area contributed by atoms with E-state index in [0.29, 0.717) is 6.54 Å². The van der Waals surface area contributed by atoms with Crippen molar-refractivity contribution in [2.24, 2.45) is 7.05 Å². The molecule has 1 aliphatic carbocycles. The molecule has 0 bridgehead atoms. The molecule has 3 heterocycles. The van der Waals surface area contributed by atoms with Crippen LogP contribution in [0.2, 0.25) is 0 Å². The monoisotopic (exact) mass is 384 g/mol. The van der Waals surface area contributed by atoms with Crippen molar-refractivity contribution >= 4 is 0 Å². The van der Waals surface area contributed by atoms with E-state index in [1.54, 1.807) is 24.0 Å². The van der Waals surface area contributed by atoms with Crippen LogP contribution in [0, 0.1) is 0 Å². The van der Waals surface area contributed by atoms with Gasteiger partial charge in [0.15, 0.2) is 0 Å². The Morgan fingerprint density at radius 2 is 1.75 bits per heavy atom. The van der Waals surface area contributed by atoms with E-state index >= 15 is 0 Å². The van der Waals surface area contributed by atoms with E-state index in [2.05, 4.69) is 19.9 Å². The highest BCUT2D eigenvalue weighted by Gasteiger charge is 2.18. The molecule has 0 saturated carbocycles. The second-order valence-corrected chi connectivity index (χ2v) is 7.86. The average Bonchev–Trinajstić information content (AvgIpc) is 2.70. The molecule has 0 atom stereocenters. The molecular formula is C20H28N6O2. The molecule has 1 saturated heterocycles. The van der Waals surface area contributed by atoms with Crippen LogP contribution in [-0.2, 0) is 33.0 Å². The fourth-order valence-electron chi connectivity index (χ4n) is 4.07. The molecule has 8 heteroatoms. The van der Waals surface area contributed by atoms with Gasteiger partial charge in [0.05, 0.1) is 12.2 Å². The number of hydrogen-bond donors (Lipinski definition) is 0. The van der Waals surface area contributed by atoms with E-state index in [0.717, 1.165) is 75.4 Å². The maximum absolute atomic E-state index is 12.3. The summed E-state index contributed by atoms with van der Waals surface area (Å²) in [6.45, 7) is 6.18. The highest BCUT2D eigenvalue weighted by molar-refractivity contribution is 5.20. The van der Waals surface area contributed by atoms with E-state index in [4.69, 9.17) is 0 Å². The maximum atomic E-state index is 12.3. The lowest BCUT2D eigenvalue weighted by Gasteiger charge is -2.34. The van der Waals surface area contributed by atoms with Crippen LogP contribution in [0.15, 0.2) is 28.0 Å². The van der Waals surface area contributed by atoms with Crippen molar-refractivity contribution in [1.82, 2.24) is 29.1 Å². The molecule has 4 rings (SSSR count). The topological polar surface area (TPSA) is 76.3 Å². The lowest BCUT2D eigenvalue weighted by Crippen LogP contribution is -2.47. The molecule has 2 aliphatic rings. The van der Waals surface area contributed by atoms with Crippen molar-refractivity contribution in [3.63, 3.8) is 0 Å². The normalized spacial score (nSPS) is 18.2. The second-order valence-electron chi connectivity index (χ2n) is 7.86. The first kappa shape index (κ1) is 19.0. The van der Waals surface area contributed by atoms with Gasteiger partial charge >= 0.3 is 5.69 Å². The van der Waals surface area contributed by atoms with E-state index < -0.39 is 0 Å². The summed E-state index contributed by atoms with van der Waals surface area (Å²) in [5.41, 5.74) is 3.12. The predicted molar refractivity (Wildman–Crippen MR) is 106 cm³/mol. The van der Waals surface area contributed by atoms with Gasteiger partial charge in [0.1, 0.15) is 0 Å². The third-order valence-electron chi connectivity index (χ3n) is 5.78. The number of fused-ring (bicyclic) bond motifs is 1. The zero-order chi connectivity index (χ0) is 19.5. The number of hydrogen-bond acceptors (Lipinski definition) is 6. The minimum Gasteiger partial charge on any atom is -0.302 e. The van der Waals surface area contributed by atoms with Crippen molar-refractivity contribution in [2.45, 2.75) is 38.8 Å². The SMILES string of the molecule is Cn1cc(CN2CCN(CCn3nc4c(cc3=O)CCCC4)CC2)cnc1=O. The summed E-state index contributed by atoms with van der Waals surface area (Å²) in [5, 5.41) is 4.62. The summed E-state index contributed by atoms with van der Waals surface area (Å²) in [7, 11) is 1.73. The van der Waals surface area contributed by atoms with Crippen LogP contribution < -0.4 is 11.2 Å². The average molecular weight is 384 g/mol. The van der Waals surface area contributed by atoms with Gasteiger partial charge in [-0.05, 0) is 31.2 Å². The third-order valence-corrected chi connectivity index (χ3v) is 5.78. The molecule has 1 fully saturated rings. The van der Waals surface area contributed by atoms with Gasteiger partial charge in [-0.1, -0.05) is 0 Å². The Bertz CT molecular complexity index is 942. The van der Waals surface area contributed by atoms with Crippen molar-refractivity contribution in [3.8, 4) is 0 Å². The Kier molecular flexibility index (Phi) is 5.68. The Balaban J connectivity index is 1.28. The van der Waals surface area contributed by atoms with Crippen LogP contribution in [0.3, 0.4) is 0 Å². The summed E-state index contributed by atoms with van der Waals surface area (Å²) < 4.78 is 3.17. The first-order valence-electron chi connectivity index (χ1n) is 10.1. The van der Waals surface area contributed by atoms with Gasteiger partial charge in [0, 0.05) is 70.3 Å². The zero-order valence-electron chi connectivity index (χ0n) is 16.5. The van der Waals surface area contributed by atoms with Gasteiger partial charge in [-0.3, -0.25) is 14.6 Å². The van der Waals surface area contributed by atoms with Gasteiger partial charge in [0.25, 0.3) is 5.56 Å². The first-order chi connectivity index (χ1) is 13.6. The molecule has 0 aromatic carbocycles. The minimum absolute atomic E-state index is 0.0291. The molecule has 1 aliphatic heterocycles. The van der Waals surface area contributed by atoms with Crippen molar-refractivity contribution in [2.75, 3.05) is 32.7 Å². The zero-order valence-corrected chi connectivity index (χ0v) is 16.5.